The molecule has 2 rings (SSSR count). The Morgan fingerprint density at radius 1 is 1.41 bits per heavy atom. The number of epoxide rings is 1. The predicted molar refractivity (Wildman–Crippen MR) is 84.3 cm³/mol. The molecule has 0 N–H and O–H groups in total. The lowest BCUT2D eigenvalue weighted by Crippen LogP contribution is -2.21. The Morgan fingerprint density at radius 3 is 2.55 bits per heavy atom. The lowest BCUT2D eigenvalue weighted by molar-refractivity contribution is -0.138. The SMILES string of the molecule is CCN(CC)c1ccc(/C=C(\C#N)C(=O)OCC2CO2)cc1. The van der Waals surface area contributed by atoms with Crippen molar-refractivity contribution in [2.75, 3.05) is 31.2 Å². The standard InChI is InChI=1S/C17H20N2O3/c1-3-19(4-2)15-7-5-13(6-8-15)9-14(10-18)17(20)22-12-16-11-21-16/h5-9,16H,3-4,11-12H2,1-2H3/b14-9+. The number of esters is 1. The van der Waals surface area contributed by atoms with Crippen molar-refractivity contribution in [3.8, 4) is 6.07 Å². The summed E-state index contributed by atoms with van der Waals surface area (Å²) in [5.41, 5.74) is 1.91. The van der Waals surface area contributed by atoms with Gasteiger partial charge in [0.1, 0.15) is 24.4 Å². The molecule has 1 atom stereocenters. The largest absolute Gasteiger partial charge is 0.459 e. The highest BCUT2D eigenvalue weighted by Crippen LogP contribution is 2.17. The molecule has 0 bridgehead atoms. The van der Waals surface area contributed by atoms with Gasteiger partial charge in [-0.05, 0) is 37.6 Å². The fraction of sp³-hybridized carbons (Fsp3) is 0.412. The van der Waals surface area contributed by atoms with Crippen molar-refractivity contribution < 1.29 is 14.3 Å². The number of hydrogen-bond acceptors (Lipinski definition) is 5. The van der Waals surface area contributed by atoms with Crippen molar-refractivity contribution in [1.29, 1.82) is 5.26 Å². The fourth-order valence-corrected chi connectivity index (χ4v) is 2.08. The van der Waals surface area contributed by atoms with Gasteiger partial charge >= 0.3 is 5.97 Å². The molecular formula is C17H20N2O3. The Labute approximate surface area is 130 Å². The summed E-state index contributed by atoms with van der Waals surface area (Å²) in [5, 5.41) is 9.10. The van der Waals surface area contributed by atoms with Gasteiger partial charge < -0.3 is 14.4 Å². The van der Waals surface area contributed by atoms with E-state index in [0.717, 1.165) is 24.3 Å². The summed E-state index contributed by atoms with van der Waals surface area (Å²) in [6.45, 7) is 6.90. The van der Waals surface area contributed by atoms with E-state index in [1.54, 1.807) is 6.08 Å². The normalized spacial score (nSPS) is 16.8. The molecule has 1 saturated heterocycles. The molecular weight excluding hydrogens is 280 g/mol. The Kier molecular flexibility index (Phi) is 5.56. The predicted octanol–water partition coefficient (Wildman–Crippen LogP) is 2.38. The molecule has 1 aliphatic heterocycles. The lowest BCUT2D eigenvalue weighted by atomic mass is 10.1. The van der Waals surface area contributed by atoms with Gasteiger partial charge in [0, 0.05) is 18.8 Å². The van der Waals surface area contributed by atoms with Crippen LogP contribution in [0.15, 0.2) is 29.8 Å². The molecule has 116 valence electrons. The van der Waals surface area contributed by atoms with Crippen LogP contribution in [0.1, 0.15) is 19.4 Å². The van der Waals surface area contributed by atoms with Gasteiger partial charge in [0.05, 0.1) is 6.61 Å². The zero-order chi connectivity index (χ0) is 15.9. The first-order valence-electron chi connectivity index (χ1n) is 7.43. The number of ether oxygens (including phenoxy) is 2. The highest BCUT2D eigenvalue weighted by molar-refractivity contribution is 5.97. The number of rotatable bonds is 7. The van der Waals surface area contributed by atoms with Crippen molar-refractivity contribution in [3.63, 3.8) is 0 Å². The van der Waals surface area contributed by atoms with Gasteiger partial charge in [0.2, 0.25) is 0 Å². The maximum Gasteiger partial charge on any atom is 0.348 e. The summed E-state index contributed by atoms with van der Waals surface area (Å²) in [6, 6.07) is 9.64. The van der Waals surface area contributed by atoms with Gasteiger partial charge in [-0.1, -0.05) is 12.1 Å². The second kappa shape index (κ2) is 7.62. The van der Waals surface area contributed by atoms with Crippen molar-refractivity contribution in [2.24, 2.45) is 0 Å². The van der Waals surface area contributed by atoms with Crippen LogP contribution in [0.2, 0.25) is 0 Å². The zero-order valence-corrected chi connectivity index (χ0v) is 12.9. The van der Waals surface area contributed by atoms with Crippen LogP contribution in [0.5, 0.6) is 0 Å². The molecule has 1 aromatic rings. The summed E-state index contributed by atoms with van der Waals surface area (Å²) in [6.07, 6.45) is 1.54. The van der Waals surface area contributed by atoms with Gasteiger partial charge in [-0.2, -0.15) is 5.26 Å². The number of carbonyl (C=O) groups is 1. The van der Waals surface area contributed by atoms with Crippen LogP contribution in [0.25, 0.3) is 6.08 Å². The van der Waals surface area contributed by atoms with Crippen LogP contribution >= 0.6 is 0 Å². The molecule has 1 aromatic carbocycles. The summed E-state index contributed by atoms with van der Waals surface area (Å²) in [7, 11) is 0. The van der Waals surface area contributed by atoms with Gasteiger partial charge in [-0.3, -0.25) is 0 Å². The van der Waals surface area contributed by atoms with Crippen molar-refractivity contribution in [1.82, 2.24) is 0 Å². The number of hydrogen-bond donors (Lipinski definition) is 0. The average molecular weight is 300 g/mol. The molecule has 1 heterocycles. The Balaban J connectivity index is 2.05. The molecule has 0 aliphatic carbocycles. The third-order valence-corrected chi connectivity index (χ3v) is 3.48. The van der Waals surface area contributed by atoms with E-state index in [1.165, 1.54) is 0 Å². The van der Waals surface area contributed by atoms with E-state index in [2.05, 4.69) is 18.7 Å². The first-order valence-corrected chi connectivity index (χ1v) is 7.43. The first kappa shape index (κ1) is 16.1. The molecule has 5 heteroatoms. The van der Waals surface area contributed by atoms with Crippen molar-refractivity contribution in [3.05, 3.63) is 35.4 Å². The van der Waals surface area contributed by atoms with Gasteiger partial charge in [0.15, 0.2) is 0 Å². The van der Waals surface area contributed by atoms with Crippen LogP contribution in [-0.4, -0.2) is 38.4 Å². The number of anilines is 1. The second-order valence-corrected chi connectivity index (χ2v) is 4.99. The second-order valence-electron chi connectivity index (χ2n) is 4.99. The summed E-state index contributed by atoms with van der Waals surface area (Å²) >= 11 is 0. The zero-order valence-electron chi connectivity index (χ0n) is 12.9. The van der Waals surface area contributed by atoms with E-state index in [4.69, 9.17) is 14.7 Å². The van der Waals surface area contributed by atoms with Crippen molar-refractivity contribution in [2.45, 2.75) is 20.0 Å². The van der Waals surface area contributed by atoms with Gasteiger partial charge in [-0.25, -0.2) is 4.79 Å². The van der Waals surface area contributed by atoms with E-state index in [0.29, 0.717) is 6.61 Å². The molecule has 0 aromatic heterocycles. The van der Waals surface area contributed by atoms with E-state index in [9.17, 15) is 4.79 Å². The minimum Gasteiger partial charge on any atom is -0.459 e. The maximum atomic E-state index is 11.8. The maximum absolute atomic E-state index is 11.8. The van der Waals surface area contributed by atoms with Crippen LogP contribution < -0.4 is 4.90 Å². The van der Waals surface area contributed by atoms with Gasteiger partial charge in [0.25, 0.3) is 0 Å². The Hall–Kier alpha value is -2.32. The molecule has 1 unspecified atom stereocenters. The molecule has 1 fully saturated rings. The Morgan fingerprint density at radius 2 is 2.05 bits per heavy atom. The number of nitrogens with zero attached hydrogens (tertiary/aromatic N) is 2. The van der Waals surface area contributed by atoms with Crippen LogP contribution in [0.4, 0.5) is 5.69 Å². The van der Waals surface area contributed by atoms with Crippen LogP contribution in [-0.2, 0) is 14.3 Å². The van der Waals surface area contributed by atoms with E-state index < -0.39 is 5.97 Å². The molecule has 5 nitrogen and oxygen atoms in total. The number of carbonyl (C=O) groups excluding carboxylic acids is 1. The van der Waals surface area contributed by atoms with E-state index in [-0.39, 0.29) is 18.3 Å². The smallest absolute Gasteiger partial charge is 0.348 e. The molecule has 0 amide bonds. The molecule has 0 radical (unpaired) electrons. The molecule has 0 saturated carbocycles. The lowest BCUT2D eigenvalue weighted by Gasteiger charge is -2.20. The molecule has 22 heavy (non-hydrogen) atoms. The third kappa shape index (κ3) is 4.34. The first-order chi connectivity index (χ1) is 10.7. The fourth-order valence-electron chi connectivity index (χ4n) is 2.08. The van der Waals surface area contributed by atoms with Crippen LogP contribution in [0.3, 0.4) is 0 Å². The quantitative estimate of drug-likeness (QED) is 0.335. The highest BCUT2D eigenvalue weighted by Gasteiger charge is 2.25. The summed E-state index contributed by atoms with van der Waals surface area (Å²) < 4.78 is 9.99. The van der Waals surface area contributed by atoms with Gasteiger partial charge in [-0.15, -0.1) is 0 Å². The monoisotopic (exact) mass is 300 g/mol. The van der Waals surface area contributed by atoms with E-state index in [1.807, 2.05) is 30.3 Å². The van der Waals surface area contributed by atoms with Crippen LogP contribution in [0, 0.1) is 11.3 Å². The molecule has 0 spiro atoms. The average Bonchev–Trinajstić information content (AvgIpc) is 3.37. The van der Waals surface area contributed by atoms with Crippen molar-refractivity contribution >= 4 is 17.7 Å². The summed E-state index contributed by atoms with van der Waals surface area (Å²) in [5.74, 6) is -0.606. The minimum atomic E-state index is -0.606. The third-order valence-electron chi connectivity index (χ3n) is 3.48. The number of benzene rings is 1. The topological polar surface area (TPSA) is 65.9 Å². The minimum absolute atomic E-state index is 0.00255. The summed E-state index contributed by atoms with van der Waals surface area (Å²) in [4.78, 5) is 14.0. The number of nitriles is 1. The molecule has 1 aliphatic rings. The van der Waals surface area contributed by atoms with E-state index >= 15 is 0 Å². The highest BCUT2D eigenvalue weighted by atomic mass is 16.6. The Bertz CT molecular complexity index is 579.